The molecule has 412 valence electrons. The van der Waals surface area contributed by atoms with E-state index in [1.807, 2.05) is 6.20 Å². The molecule has 0 atom stereocenters. The summed E-state index contributed by atoms with van der Waals surface area (Å²) in [6, 6.07) is 89.9. The van der Waals surface area contributed by atoms with Crippen LogP contribution in [0.25, 0.3) is 61.0 Å². The number of pyridine rings is 1. The third-order valence-corrected chi connectivity index (χ3v) is 17.7. The Bertz CT molecular complexity index is 4370. The molecule has 84 heavy (non-hydrogen) atoms. The van der Waals surface area contributed by atoms with Gasteiger partial charge in [-0.2, -0.15) is 0 Å². The van der Waals surface area contributed by atoms with Gasteiger partial charge in [-0.15, -0.1) is 0 Å². The number of para-hydroxylation sites is 3. The fourth-order valence-corrected chi connectivity index (χ4v) is 13.3. The molecule has 2 aromatic heterocycles. The zero-order chi connectivity index (χ0) is 57.7. The number of hydrogen-bond acceptors (Lipinski definition) is 4. The Kier molecular flexibility index (Phi) is 12.5. The molecule has 10 aromatic carbocycles. The average molecular weight is 1090 g/mol. The van der Waals surface area contributed by atoms with E-state index in [1.54, 1.807) is 0 Å². The molecule has 0 unspecified atom stereocenters. The Morgan fingerprint density at radius 1 is 0.393 bits per heavy atom. The van der Waals surface area contributed by atoms with Gasteiger partial charge >= 0.3 is 0 Å². The molecule has 1 aliphatic heterocycles. The highest BCUT2D eigenvalue weighted by Gasteiger charge is 2.48. The van der Waals surface area contributed by atoms with Crippen LogP contribution in [0.1, 0.15) is 101 Å². The van der Waals surface area contributed by atoms with Crippen molar-refractivity contribution in [1.29, 1.82) is 0 Å². The molecule has 0 bridgehead atoms. The van der Waals surface area contributed by atoms with E-state index >= 15 is 0 Å². The summed E-state index contributed by atoms with van der Waals surface area (Å²) in [4.78, 5) is 9.92. The van der Waals surface area contributed by atoms with Crippen molar-refractivity contribution in [2.45, 2.75) is 84.0 Å². The molecule has 1 aliphatic carbocycles. The molecular formula is C79H70N4O. The SMILES string of the molecule is CC(C)(C)c1ccnc(-n2c3ccccc3c3ccc(Oc4cccc(N5CN(c6c(-c7ccccc7)cc(C7(c8ccccc8)c8ccc(C(C)(C)C)cc8-c8cc(C(C)(C)C)ccc87)cc6-c6ccccc6)c6ccccc65)c4)cc32)c1. The smallest absolute Gasteiger partial charge is 0.137 e. The topological polar surface area (TPSA) is 33.5 Å². The number of benzene rings is 10. The van der Waals surface area contributed by atoms with Crippen LogP contribution in [0.15, 0.2) is 249 Å². The lowest BCUT2D eigenvalue weighted by atomic mass is 9.66. The fraction of sp³-hybridized carbons (Fsp3) is 0.177. The van der Waals surface area contributed by atoms with Crippen molar-refractivity contribution in [1.82, 2.24) is 9.55 Å². The van der Waals surface area contributed by atoms with Gasteiger partial charge in [0.2, 0.25) is 0 Å². The van der Waals surface area contributed by atoms with Crippen LogP contribution in [0.5, 0.6) is 11.5 Å². The van der Waals surface area contributed by atoms with Gasteiger partial charge in [0.15, 0.2) is 0 Å². The highest BCUT2D eigenvalue weighted by Crippen LogP contribution is 2.60. The highest BCUT2D eigenvalue weighted by atomic mass is 16.5. The molecule has 0 amide bonds. The number of fused-ring (bicyclic) bond motifs is 7. The van der Waals surface area contributed by atoms with Crippen molar-refractivity contribution >= 4 is 44.6 Å². The van der Waals surface area contributed by atoms with Crippen molar-refractivity contribution < 1.29 is 4.74 Å². The molecule has 0 saturated heterocycles. The lowest BCUT2D eigenvalue weighted by Gasteiger charge is -2.36. The van der Waals surface area contributed by atoms with Gasteiger partial charge in [0, 0.05) is 45.9 Å². The molecule has 5 heteroatoms. The van der Waals surface area contributed by atoms with Crippen molar-refractivity contribution in [2.24, 2.45) is 0 Å². The van der Waals surface area contributed by atoms with E-state index in [4.69, 9.17) is 9.72 Å². The average Bonchev–Trinajstić information content (AvgIpc) is 1.65. The number of aromatic nitrogens is 2. The molecule has 5 nitrogen and oxygen atoms in total. The van der Waals surface area contributed by atoms with E-state index in [1.165, 1.54) is 55.5 Å². The number of anilines is 4. The molecule has 12 aromatic rings. The summed E-state index contributed by atoms with van der Waals surface area (Å²) >= 11 is 0. The summed E-state index contributed by atoms with van der Waals surface area (Å²) in [7, 11) is 0. The first-order chi connectivity index (χ1) is 40.5. The Balaban J connectivity index is 0.928. The molecule has 0 fully saturated rings. The number of hydrogen-bond donors (Lipinski definition) is 0. The first kappa shape index (κ1) is 52.6. The van der Waals surface area contributed by atoms with E-state index in [2.05, 4.69) is 319 Å². The maximum Gasteiger partial charge on any atom is 0.137 e. The molecule has 0 N–H and O–H groups in total. The summed E-state index contributed by atoms with van der Waals surface area (Å²) in [5, 5.41) is 2.33. The Labute approximate surface area is 495 Å². The first-order valence-electron chi connectivity index (χ1n) is 29.6. The standard InChI is InChI=1S/C79H70N4O/c1-76(2,3)55-36-40-68-66(44-55)67-45-56(77(4,5)6)37-41-69(67)79(68,54-28-17-12-18-29-54)58-46-64(52-24-13-10-14-25-52)75(65(47-58)53-26-15-11-16-27-53)82-51-81(71-34-21-22-35-72(71)82)59-30-23-31-60(49-59)84-61-38-39-63-62-32-19-20-33-70(62)83(73(63)50-61)74-48-57(42-43-80-74)78(7,8)9/h10-50H,51H2,1-9H3. The number of nitrogens with zero attached hydrogens (tertiary/aromatic N) is 4. The van der Waals surface area contributed by atoms with Crippen LogP contribution in [0.4, 0.5) is 22.7 Å². The summed E-state index contributed by atoms with van der Waals surface area (Å²) in [6.45, 7) is 21.3. The third-order valence-electron chi connectivity index (χ3n) is 17.7. The van der Waals surface area contributed by atoms with E-state index in [-0.39, 0.29) is 16.2 Å². The number of rotatable bonds is 9. The summed E-state index contributed by atoms with van der Waals surface area (Å²) in [5.74, 6) is 2.40. The molecule has 14 rings (SSSR count). The van der Waals surface area contributed by atoms with Gasteiger partial charge in [-0.1, -0.05) is 226 Å². The second kappa shape index (κ2) is 19.9. The van der Waals surface area contributed by atoms with Crippen LogP contribution >= 0.6 is 0 Å². The lowest BCUT2D eigenvalue weighted by Crippen LogP contribution is -2.30. The Hall–Kier alpha value is -9.45. The highest BCUT2D eigenvalue weighted by molar-refractivity contribution is 6.09. The van der Waals surface area contributed by atoms with Gasteiger partial charge in [-0.3, -0.25) is 4.57 Å². The van der Waals surface area contributed by atoms with Gasteiger partial charge in [0.1, 0.15) is 24.0 Å². The summed E-state index contributed by atoms with van der Waals surface area (Å²) in [5.41, 5.74) is 22.0. The van der Waals surface area contributed by atoms with Gasteiger partial charge in [0.05, 0.1) is 33.5 Å². The maximum atomic E-state index is 6.93. The van der Waals surface area contributed by atoms with Crippen molar-refractivity contribution in [2.75, 3.05) is 16.5 Å². The Morgan fingerprint density at radius 2 is 0.917 bits per heavy atom. The van der Waals surface area contributed by atoms with Crippen LogP contribution in [0.2, 0.25) is 0 Å². The van der Waals surface area contributed by atoms with Crippen LogP contribution in [-0.4, -0.2) is 16.2 Å². The van der Waals surface area contributed by atoms with Crippen LogP contribution in [0.3, 0.4) is 0 Å². The minimum Gasteiger partial charge on any atom is -0.457 e. The second-order valence-corrected chi connectivity index (χ2v) is 26.1. The summed E-state index contributed by atoms with van der Waals surface area (Å²) in [6.07, 6.45) is 1.93. The molecule has 0 saturated carbocycles. The van der Waals surface area contributed by atoms with Gasteiger partial charge in [-0.25, -0.2) is 4.98 Å². The van der Waals surface area contributed by atoms with Crippen molar-refractivity contribution in [3.05, 3.63) is 288 Å². The van der Waals surface area contributed by atoms with E-state index in [0.29, 0.717) is 6.67 Å². The van der Waals surface area contributed by atoms with Gasteiger partial charge in [-0.05, 0) is 144 Å². The van der Waals surface area contributed by atoms with Crippen LogP contribution in [0, 0.1) is 0 Å². The largest absolute Gasteiger partial charge is 0.457 e. The maximum absolute atomic E-state index is 6.93. The zero-order valence-corrected chi connectivity index (χ0v) is 49.6. The summed E-state index contributed by atoms with van der Waals surface area (Å²) < 4.78 is 9.21. The predicted molar refractivity (Wildman–Crippen MR) is 351 cm³/mol. The third kappa shape index (κ3) is 8.79. The van der Waals surface area contributed by atoms with E-state index < -0.39 is 5.41 Å². The predicted octanol–water partition coefficient (Wildman–Crippen LogP) is 20.8. The first-order valence-corrected chi connectivity index (χ1v) is 29.6. The monoisotopic (exact) mass is 1090 g/mol. The van der Waals surface area contributed by atoms with Crippen LogP contribution in [-0.2, 0) is 21.7 Å². The molecule has 2 aliphatic rings. The molecular weight excluding hydrogens is 1020 g/mol. The zero-order valence-electron chi connectivity index (χ0n) is 49.6. The lowest BCUT2D eigenvalue weighted by molar-refractivity contribution is 0.483. The van der Waals surface area contributed by atoms with Crippen molar-refractivity contribution in [3.8, 4) is 50.7 Å². The number of ether oxygens (including phenoxy) is 1. The van der Waals surface area contributed by atoms with Crippen LogP contribution < -0.4 is 14.5 Å². The second-order valence-electron chi connectivity index (χ2n) is 26.1. The van der Waals surface area contributed by atoms with Crippen molar-refractivity contribution in [3.63, 3.8) is 0 Å². The molecule has 3 heterocycles. The molecule has 0 radical (unpaired) electrons. The molecule has 0 spiro atoms. The fourth-order valence-electron chi connectivity index (χ4n) is 13.3. The quantitative estimate of drug-likeness (QED) is 0.144. The van der Waals surface area contributed by atoms with Gasteiger partial charge < -0.3 is 14.5 Å². The van der Waals surface area contributed by atoms with Gasteiger partial charge in [0.25, 0.3) is 0 Å². The van der Waals surface area contributed by atoms with E-state index in [0.717, 1.165) is 78.7 Å². The Morgan fingerprint density at radius 3 is 1.52 bits per heavy atom. The van der Waals surface area contributed by atoms with E-state index in [9.17, 15) is 0 Å². The minimum atomic E-state index is -0.658. The minimum absolute atomic E-state index is 0.0296. The normalized spacial score (nSPS) is 13.8.